The van der Waals surface area contributed by atoms with Gasteiger partial charge in [0, 0.05) is 0 Å². The summed E-state index contributed by atoms with van der Waals surface area (Å²) in [4.78, 5) is 10.3. The average Bonchev–Trinajstić information content (AvgIpc) is 2.63. The molecule has 0 N–H and O–H groups in total. The molecule has 0 aromatic rings. The van der Waals surface area contributed by atoms with E-state index in [9.17, 15) is 4.79 Å². The van der Waals surface area contributed by atoms with Gasteiger partial charge in [-0.05, 0) is 35.3 Å². The van der Waals surface area contributed by atoms with E-state index in [1.165, 1.54) is 16.7 Å². The third-order valence-electron chi connectivity index (χ3n) is 2.90. The Bertz CT molecular complexity index is 617. The molecular formula is C18H16O. The van der Waals surface area contributed by atoms with Gasteiger partial charge in [-0.15, -0.1) is 0 Å². The lowest BCUT2D eigenvalue weighted by Gasteiger charge is -1.94. The van der Waals surface area contributed by atoms with E-state index < -0.39 is 0 Å². The molecule has 0 amide bonds. The van der Waals surface area contributed by atoms with E-state index >= 15 is 0 Å². The van der Waals surface area contributed by atoms with E-state index in [0.29, 0.717) is 0 Å². The number of allylic oxidation sites excluding steroid dienone is 5. The molecule has 94 valence electrons. The highest BCUT2D eigenvalue weighted by Crippen LogP contribution is 2.27. The van der Waals surface area contributed by atoms with Crippen molar-refractivity contribution >= 4 is 12.4 Å². The van der Waals surface area contributed by atoms with Crippen LogP contribution in [-0.4, -0.2) is 6.29 Å². The Morgan fingerprint density at radius 1 is 1.00 bits per heavy atom. The van der Waals surface area contributed by atoms with Gasteiger partial charge in [-0.1, -0.05) is 66.8 Å². The van der Waals surface area contributed by atoms with Gasteiger partial charge >= 0.3 is 0 Å². The number of hydrogen-bond donors (Lipinski definition) is 0. The standard InChI is InChI=1S/C18H16O/c1-15(13-14-19)7-5-6-9-17-12-11-16-8-3-2-4-10-18(16)17/h2-14H,1H3/b7-5+,9-6+,15-13+. The van der Waals surface area contributed by atoms with E-state index in [1.54, 1.807) is 6.08 Å². The van der Waals surface area contributed by atoms with Crippen LogP contribution in [0.4, 0.5) is 0 Å². The molecule has 0 aromatic carbocycles. The van der Waals surface area contributed by atoms with E-state index in [4.69, 9.17) is 0 Å². The molecule has 1 heteroatoms. The van der Waals surface area contributed by atoms with Crippen molar-refractivity contribution in [3.8, 4) is 11.1 Å². The van der Waals surface area contributed by atoms with Crippen molar-refractivity contribution in [3.05, 3.63) is 77.9 Å². The van der Waals surface area contributed by atoms with E-state index in [0.717, 1.165) is 11.9 Å². The smallest absolute Gasteiger partial charge is 0.143 e. The molecule has 0 aromatic heterocycles. The summed E-state index contributed by atoms with van der Waals surface area (Å²) in [6.07, 6.45) is 10.3. The van der Waals surface area contributed by atoms with Gasteiger partial charge in [0.15, 0.2) is 0 Å². The van der Waals surface area contributed by atoms with Crippen molar-refractivity contribution in [2.24, 2.45) is 0 Å². The van der Waals surface area contributed by atoms with Crippen molar-refractivity contribution in [1.29, 1.82) is 0 Å². The zero-order valence-electron chi connectivity index (χ0n) is 10.9. The predicted molar refractivity (Wildman–Crippen MR) is 81.1 cm³/mol. The second-order valence-corrected chi connectivity index (χ2v) is 4.33. The van der Waals surface area contributed by atoms with Crippen molar-refractivity contribution in [2.75, 3.05) is 0 Å². The summed E-state index contributed by atoms with van der Waals surface area (Å²) < 4.78 is 0. The first-order chi connectivity index (χ1) is 9.31. The molecule has 0 saturated heterocycles. The Kier molecular flexibility index (Phi) is 4.46. The number of fused-ring (bicyclic) bond motifs is 1. The number of carbonyl (C=O) groups excluding carboxylic acids is 1. The van der Waals surface area contributed by atoms with Crippen LogP contribution in [0.1, 0.15) is 12.5 Å². The monoisotopic (exact) mass is 248 g/mol. The zero-order chi connectivity index (χ0) is 13.5. The minimum atomic E-state index is 0.800. The molecule has 0 heterocycles. The third-order valence-corrected chi connectivity index (χ3v) is 2.90. The maximum Gasteiger partial charge on any atom is 0.143 e. The minimum Gasteiger partial charge on any atom is -0.299 e. The molecule has 1 nitrogen and oxygen atoms in total. The molecule has 0 atom stereocenters. The van der Waals surface area contributed by atoms with Crippen molar-refractivity contribution in [1.82, 2.24) is 0 Å². The van der Waals surface area contributed by atoms with Gasteiger partial charge in [0.2, 0.25) is 0 Å². The molecule has 2 aliphatic carbocycles. The highest BCUT2D eigenvalue weighted by molar-refractivity contribution is 5.78. The molecule has 0 aliphatic heterocycles. The summed E-state index contributed by atoms with van der Waals surface area (Å²) in [7, 11) is 0. The summed E-state index contributed by atoms with van der Waals surface area (Å²) in [6, 6.07) is 14.6. The van der Waals surface area contributed by atoms with Crippen LogP contribution in [0.5, 0.6) is 0 Å². The second kappa shape index (κ2) is 6.50. The van der Waals surface area contributed by atoms with Crippen molar-refractivity contribution in [2.45, 2.75) is 6.92 Å². The first kappa shape index (κ1) is 13.0. The zero-order valence-corrected chi connectivity index (χ0v) is 10.9. The molecule has 19 heavy (non-hydrogen) atoms. The summed E-state index contributed by atoms with van der Waals surface area (Å²) in [6.45, 7) is 1.90. The van der Waals surface area contributed by atoms with Crippen LogP contribution in [0.3, 0.4) is 0 Å². The van der Waals surface area contributed by atoms with E-state index in [-0.39, 0.29) is 0 Å². The Morgan fingerprint density at radius 3 is 2.68 bits per heavy atom. The van der Waals surface area contributed by atoms with Gasteiger partial charge in [-0.3, -0.25) is 4.79 Å². The van der Waals surface area contributed by atoms with Crippen LogP contribution >= 0.6 is 0 Å². The molecule has 0 bridgehead atoms. The topological polar surface area (TPSA) is 17.1 Å². The van der Waals surface area contributed by atoms with Crippen LogP contribution in [0.15, 0.2) is 72.3 Å². The molecule has 2 rings (SSSR count). The molecular weight excluding hydrogens is 232 g/mol. The maximum atomic E-state index is 10.3. The van der Waals surface area contributed by atoms with Gasteiger partial charge < -0.3 is 0 Å². The quantitative estimate of drug-likeness (QED) is 0.442. The highest BCUT2D eigenvalue weighted by Gasteiger charge is 2.03. The third kappa shape index (κ3) is 3.52. The minimum absolute atomic E-state index is 0.800. The predicted octanol–water partition coefficient (Wildman–Crippen LogP) is 4.51. The Labute approximate surface area is 113 Å². The van der Waals surface area contributed by atoms with Crippen molar-refractivity contribution < 1.29 is 4.79 Å². The van der Waals surface area contributed by atoms with Crippen molar-refractivity contribution in [3.63, 3.8) is 0 Å². The Morgan fingerprint density at radius 2 is 1.84 bits per heavy atom. The fourth-order valence-electron chi connectivity index (χ4n) is 1.91. The van der Waals surface area contributed by atoms with E-state index in [2.05, 4.69) is 30.3 Å². The highest BCUT2D eigenvalue weighted by atomic mass is 16.1. The fourth-order valence-corrected chi connectivity index (χ4v) is 1.91. The molecule has 0 radical (unpaired) electrons. The molecule has 2 aliphatic rings. The van der Waals surface area contributed by atoms with Gasteiger partial charge in [0.1, 0.15) is 6.29 Å². The van der Waals surface area contributed by atoms with Gasteiger partial charge in [0.05, 0.1) is 0 Å². The molecule has 0 fully saturated rings. The van der Waals surface area contributed by atoms with Gasteiger partial charge in [0.25, 0.3) is 0 Å². The number of carbonyl (C=O) groups is 1. The van der Waals surface area contributed by atoms with Crippen LogP contribution in [-0.2, 0) is 4.79 Å². The lowest BCUT2D eigenvalue weighted by atomic mass is 10.1. The average molecular weight is 248 g/mol. The summed E-state index contributed by atoms with van der Waals surface area (Å²) in [5.41, 5.74) is 4.63. The lowest BCUT2D eigenvalue weighted by molar-refractivity contribution is -0.104. The largest absolute Gasteiger partial charge is 0.299 e. The van der Waals surface area contributed by atoms with Gasteiger partial charge in [-0.25, -0.2) is 0 Å². The maximum absolute atomic E-state index is 10.3. The number of aldehydes is 1. The number of hydrogen-bond acceptors (Lipinski definition) is 1. The summed E-state index contributed by atoms with van der Waals surface area (Å²) in [5, 5.41) is 0. The Balaban J connectivity index is 2.15. The fraction of sp³-hybridized carbons (Fsp3) is 0.0556. The molecule has 0 saturated carbocycles. The SMILES string of the molecule is CC(/C=C/C=C/c1ccc2cccccc1-2)=C\C=O. The van der Waals surface area contributed by atoms with Crippen LogP contribution in [0.2, 0.25) is 0 Å². The number of rotatable bonds is 4. The normalized spacial score (nSPS) is 12.6. The summed E-state index contributed by atoms with van der Waals surface area (Å²) >= 11 is 0. The van der Waals surface area contributed by atoms with Gasteiger partial charge in [-0.2, -0.15) is 0 Å². The van der Waals surface area contributed by atoms with Crippen LogP contribution in [0.25, 0.3) is 17.2 Å². The van der Waals surface area contributed by atoms with E-state index in [1.807, 2.05) is 43.4 Å². The first-order valence-corrected chi connectivity index (χ1v) is 6.26. The Hall–Kier alpha value is -2.41. The van der Waals surface area contributed by atoms with Crippen LogP contribution < -0.4 is 0 Å². The molecule has 0 unspecified atom stereocenters. The lowest BCUT2D eigenvalue weighted by Crippen LogP contribution is -1.71. The summed E-state index contributed by atoms with van der Waals surface area (Å²) in [5.74, 6) is 0. The first-order valence-electron chi connectivity index (χ1n) is 6.26. The van der Waals surface area contributed by atoms with Crippen LogP contribution in [0, 0.1) is 0 Å². The molecule has 0 spiro atoms. The second-order valence-electron chi connectivity index (χ2n) is 4.33.